The van der Waals surface area contributed by atoms with Gasteiger partial charge in [0.2, 0.25) is 0 Å². The number of aryl methyl sites for hydroxylation is 1. The Kier molecular flexibility index (Phi) is 5.75. The van der Waals surface area contributed by atoms with Crippen LogP contribution in [0.25, 0.3) is 21.0 Å². The standard InChI is InChI=1S/C43H37N2P/c1-42(2)32-14-6-10-18-36(32)44(37-19-11-7-15-33(37)42)28-23-25-40-31(26-28)30-24-22-29(27-41(30)46(40)5)45-38-20-12-8-16-34(38)43(3,4)35-17-9-13-21-39(35)45/h6-27H,1-5H3. The van der Waals surface area contributed by atoms with Crippen molar-refractivity contribution in [1.82, 2.24) is 0 Å². The van der Waals surface area contributed by atoms with Crippen LogP contribution >= 0.6 is 7.53 Å². The molecular weight excluding hydrogens is 575 g/mol. The molecule has 0 amide bonds. The zero-order chi connectivity index (χ0) is 31.4. The maximum Gasteiger partial charge on any atom is 0.0502 e. The third-order valence-corrected chi connectivity index (χ3v) is 13.0. The van der Waals surface area contributed by atoms with Crippen molar-refractivity contribution in [1.29, 1.82) is 0 Å². The van der Waals surface area contributed by atoms with Crippen LogP contribution in [0.5, 0.6) is 0 Å². The topological polar surface area (TPSA) is 6.48 Å². The average Bonchev–Trinajstić information content (AvgIpc) is 3.35. The van der Waals surface area contributed by atoms with Crippen LogP contribution in [-0.2, 0) is 17.5 Å². The summed E-state index contributed by atoms with van der Waals surface area (Å²) < 4.78 is 0. The van der Waals surface area contributed by atoms with Gasteiger partial charge in [0.25, 0.3) is 0 Å². The molecule has 0 N–H and O–H groups in total. The van der Waals surface area contributed by atoms with Gasteiger partial charge in [-0.2, -0.15) is 0 Å². The lowest BCUT2D eigenvalue weighted by Crippen LogP contribution is -2.30. The molecule has 0 bridgehead atoms. The molecule has 1 aromatic heterocycles. The van der Waals surface area contributed by atoms with E-state index < -0.39 is 7.53 Å². The van der Waals surface area contributed by atoms with Crippen LogP contribution in [0.3, 0.4) is 0 Å². The third kappa shape index (κ3) is 3.65. The van der Waals surface area contributed by atoms with Crippen LogP contribution in [-0.4, -0.2) is 0 Å². The Bertz CT molecular complexity index is 2260. The third-order valence-electron chi connectivity index (χ3n) is 10.8. The first kappa shape index (κ1) is 27.5. The first-order valence-electron chi connectivity index (χ1n) is 16.3. The van der Waals surface area contributed by atoms with E-state index in [-0.39, 0.29) is 10.8 Å². The number of para-hydroxylation sites is 4. The molecule has 46 heavy (non-hydrogen) atoms. The molecule has 2 aliphatic rings. The van der Waals surface area contributed by atoms with Gasteiger partial charge in [0.15, 0.2) is 0 Å². The maximum absolute atomic E-state index is 2.48. The molecule has 1 unspecified atom stereocenters. The number of rotatable bonds is 2. The van der Waals surface area contributed by atoms with Gasteiger partial charge in [-0.15, -0.1) is 7.53 Å². The van der Waals surface area contributed by atoms with Gasteiger partial charge in [-0.05, 0) is 94.3 Å². The fourth-order valence-electron chi connectivity index (χ4n) is 8.36. The van der Waals surface area contributed by atoms with Crippen LogP contribution in [0.2, 0.25) is 0 Å². The second-order valence-electron chi connectivity index (χ2n) is 14.0. The number of anilines is 6. The van der Waals surface area contributed by atoms with Crippen molar-refractivity contribution in [3.63, 3.8) is 0 Å². The van der Waals surface area contributed by atoms with Crippen LogP contribution in [0.15, 0.2) is 133 Å². The normalized spacial score (nSPS) is 16.2. The highest BCUT2D eigenvalue weighted by molar-refractivity contribution is 7.59. The maximum atomic E-state index is 2.48. The zero-order valence-corrected chi connectivity index (χ0v) is 27.9. The lowest BCUT2D eigenvalue weighted by Gasteiger charge is -2.42. The van der Waals surface area contributed by atoms with E-state index in [1.807, 2.05) is 0 Å². The van der Waals surface area contributed by atoms with Crippen molar-refractivity contribution >= 4 is 62.7 Å². The van der Waals surface area contributed by atoms with Gasteiger partial charge in [-0.25, -0.2) is 0 Å². The Morgan fingerprint density at radius 2 is 0.804 bits per heavy atom. The number of benzene rings is 6. The van der Waals surface area contributed by atoms with Gasteiger partial charge in [0.05, 0.1) is 22.7 Å². The van der Waals surface area contributed by atoms with Crippen molar-refractivity contribution in [2.45, 2.75) is 38.5 Å². The molecule has 2 aliphatic heterocycles. The van der Waals surface area contributed by atoms with Crippen molar-refractivity contribution in [3.8, 4) is 0 Å². The minimum absolute atomic E-state index is 0.0642. The first-order chi connectivity index (χ1) is 22.3. The molecule has 0 fully saturated rings. The van der Waals surface area contributed by atoms with Gasteiger partial charge in [0.1, 0.15) is 0 Å². The molecular formula is C43H37N2P. The van der Waals surface area contributed by atoms with Crippen LogP contribution < -0.4 is 9.80 Å². The number of fused-ring (bicyclic) bond motifs is 7. The predicted molar refractivity (Wildman–Crippen MR) is 199 cm³/mol. The molecule has 3 heteroatoms. The fourth-order valence-corrected chi connectivity index (χ4v) is 10.3. The molecule has 6 aromatic carbocycles. The molecule has 0 spiro atoms. The summed E-state index contributed by atoms with van der Waals surface area (Å²) in [7, 11) is -0.483. The van der Waals surface area contributed by atoms with E-state index >= 15 is 0 Å². The molecule has 224 valence electrons. The molecule has 0 saturated heterocycles. The van der Waals surface area contributed by atoms with Crippen molar-refractivity contribution in [2.75, 3.05) is 9.80 Å². The summed E-state index contributed by atoms with van der Waals surface area (Å²) in [4.78, 5) is 4.96. The second kappa shape index (κ2) is 9.61. The van der Waals surface area contributed by atoms with Gasteiger partial charge in [0, 0.05) is 32.4 Å². The summed E-state index contributed by atoms with van der Waals surface area (Å²) in [6, 6.07) is 50.1. The van der Waals surface area contributed by atoms with Crippen LogP contribution in [0.4, 0.5) is 34.1 Å². The van der Waals surface area contributed by atoms with Crippen LogP contribution in [0.1, 0.15) is 49.9 Å². The molecule has 7 aromatic rings. The van der Waals surface area contributed by atoms with Crippen molar-refractivity contribution in [3.05, 3.63) is 156 Å². The van der Waals surface area contributed by atoms with Gasteiger partial charge in [-0.1, -0.05) is 107 Å². The van der Waals surface area contributed by atoms with Crippen molar-refractivity contribution < 1.29 is 0 Å². The summed E-state index contributed by atoms with van der Waals surface area (Å²) in [6.07, 6.45) is 0. The Morgan fingerprint density at radius 3 is 1.26 bits per heavy atom. The predicted octanol–water partition coefficient (Wildman–Crippen LogP) is 12.7. The van der Waals surface area contributed by atoms with E-state index in [1.54, 1.807) is 0 Å². The summed E-state index contributed by atoms with van der Waals surface area (Å²) in [5, 5.41) is 5.66. The highest BCUT2D eigenvalue weighted by Crippen LogP contribution is 2.56. The molecule has 3 heterocycles. The van der Waals surface area contributed by atoms with Gasteiger partial charge >= 0.3 is 0 Å². The fraction of sp³-hybridized carbons (Fsp3) is 0.163. The van der Waals surface area contributed by atoms with Gasteiger partial charge < -0.3 is 9.80 Å². The quantitative estimate of drug-likeness (QED) is 0.192. The summed E-state index contributed by atoms with van der Waals surface area (Å²) >= 11 is 0. The molecule has 0 saturated carbocycles. The summed E-state index contributed by atoms with van der Waals surface area (Å²) in [5.41, 5.74) is 12.9. The molecule has 1 atom stereocenters. The number of nitrogens with zero attached hydrogens (tertiary/aromatic N) is 2. The molecule has 2 nitrogen and oxygen atoms in total. The number of hydrogen-bond acceptors (Lipinski definition) is 2. The lowest BCUT2D eigenvalue weighted by atomic mass is 9.73. The minimum Gasteiger partial charge on any atom is -0.310 e. The van der Waals surface area contributed by atoms with E-state index in [0.29, 0.717) is 0 Å². The van der Waals surface area contributed by atoms with E-state index in [0.717, 1.165) is 0 Å². The first-order valence-corrected chi connectivity index (χ1v) is 18.1. The van der Waals surface area contributed by atoms with E-state index in [9.17, 15) is 0 Å². The monoisotopic (exact) mass is 612 g/mol. The highest BCUT2D eigenvalue weighted by Gasteiger charge is 2.38. The number of hydrogen-bond donors (Lipinski definition) is 0. The van der Waals surface area contributed by atoms with Gasteiger partial charge in [-0.3, -0.25) is 0 Å². The Labute approximate surface area is 272 Å². The van der Waals surface area contributed by atoms with Crippen LogP contribution in [0, 0.1) is 0 Å². The summed E-state index contributed by atoms with van der Waals surface area (Å²) in [6.45, 7) is 11.8. The second-order valence-corrected chi connectivity index (χ2v) is 16.0. The highest BCUT2D eigenvalue weighted by atomic mass is 31.1. The average molecular weight is 613 g/mol. The minimum atomic E-state index is -0.483. The molecule has 0 radical (unpaired) electrons. The van der Waals surface area contributed by atoms with E-state index in [4.69, 9.17) is 0 Å². The van der Waals surface area contributed by atoms with E-state index in [2.05, 4.69) is 178 Å². The smallest absolute Gasteiger partial charge is 0.0502 e. The molecule has 9 rings (SSSR count). The van der Waals surface area contributed by atoms with Crippen molar-refractivity contribution in [2.24, 2.45) is 6.66 Å². The Hall–Kier alpha value is -4.78. The van der Waals surface area contributed by atoms with E-state index in [1.165, 1.54) is 77.4 Å². The molecule has 0 aliphatic carbocycles. The Morgan fingerprint density at radius 1 is 0.413 bits per heavy atom. The zero-order valence-electron chi connectivity index (χ0n) is 27.0. The Balaban J connectivity index is 1.23. The summed E-state index contributed by atoms with van der Waals surface area (Å²) in [5.74, 6) is 0. The SMILES string of the molecule is Cp1c2ccc(N3c4ccccc4C(C)(C)c4ccccc43)cc2c2ccc(N3c4ccccc4C(C)(C)c4ccccc43)cc21. The lowest BCUT2D eigenvalue weighted by molar-refractivity contribution is 0.632. The largest absolute Gasteiger partial charge is 0.310 e.